The molecule has 1 heterocycles. The van der Waals surface area contributed by atoms with Crippen LogP contribution in [0.2, 0.25) is 5.02 Å². The fourth-order valence-electron chi connectivity index (χ4n) is 3.42. The molecule has 0 spiro atoms. The van der Waals surface area contributed by atoms with Crippen LogP contribution < -0.4 is 0 Å². The number of sulfonamides is 1. The minimum absolute atomic E-state index is 0.169. The molecule has 1 aromatic carbocycles. The van der Waals surface area contributed by atoms with Crippen molar-refractivity contribution in [1.29, 1.82) is 0 Å². The maximum Gasteiger partial charge on any atom is 0.243 e. The molecule has 0 amide bonds. The van der Waals surface area contributed by atoms with E-state index in [-0.39, 0.29) is 11.9 Å². The molecule has 1 aromatic rings. The fourth-order valence-corrected chi connectivity index (χ4v) is 6.04. The number of rotatable bonds is 3. The van der Waals surface area contributed by atoms with Crippen molar-refractivity contribution < 1.29 is 8.42 Å². The van der Waals surface area contributed by atoms with Crippen LogP contribution in [-0.4, -0.2) is 25.3 Å². The van der Waals surface area contributed by atoms with E-state index in [4.69, 9.17) is 23.2 Å². The lowest BCUT2D eigenvalue weighted by Crippen LogP contribution is -2.38. The lowest BCUT2D eigenvalue weighted by Gasteiger charge is -2.27. The second kappa shape index (κ2) is 5.16. The molecule has 2 unspecified atom stereocenters. The Morgan fingerprint density at radius 2 is 2.10 bits per heavy atom. The van der Waals surface area contributed by atoms with Gasteiger partial charge in [0.05, 0.1) is 4.90 Å². The second-order valence-corrected chi connectivity index (χ2v) is 8.29. The van der Waals surface area contributed by atoms with Crippen LogP contribution in [0.5, 0.6) is 0 Å². The van der Waals surface area contributed by atoms with E-state index in [1.54, 1.807) is 23.4 Å². The van der Waals surface area contributed by atoms with E-state index in [1.165, 1.54) is 0 Å². The molecule has 1 saturated carbocycles. The Morgan fingerprint density at radius 3 is 2.65 bits per heavy atom. The molecule has 6 heteroatoms. The zero-order chi connectivity index (χ0) is 14.5. The van der Waals surface area contributed by atoms with Gasteiger partial charge in [-0.25, -0.2) is 8.42 Å². The highest BCUT2D eigenvalue weighted by molar-refractivity contribution is 7.89. The molecule has 0 N–H and O–H groups in total. The number of alkyl halides is 1. The monoisotopic (exact) mass is 333 g/mol. The van der Waals surface area contributed by atoms with Gasteiger partial charge in [-0.1, -0.05) is 11.6 Å². The Kier molecular flexibility index (Phi) is 3.78. The summed E-state index contributed by atoms with van der Waals surface area (Å²) in [6.45, 7) is 2.45. The molecule has 1 aliphatic heterocycles. The smallest absolute Gasteiger partial charge is 0.207 e. The van der Waals surface area contributed by atoms with Crippen molar-refractivity contribution >= 4 is 33.2 Å². The molecule has 0 radical (unpaired) electrons. The van der Waals surface area contributed by atoms with Crippen molar-refractivity contribution in [3.8, 4) is 0 Å². The fraction of sp³-hybridized carbons (Fsp3) is 0.571. The largest absolute Gasteiger partial charge is 0.243 e. The van der Waals surface area contributed by atoms with E-state index < -0.39 is 10.0 Å². The maximum atomic E-state index is 12.9. The summed E-state index contributed by atoms with van der Waals surface area (Å²) in [6.07, 6.45) is 3.13. The molecule has 3 nitrogen and oxygen atoms in total. The molecular formula is C14H17Cl2NO2S. The SMILES string of the molecule is Cc1c(CCl)cc(Cl)cc1S(=O)(=O)N1CC2CCC1C2. The number of piperidine rings is 1. The summed E-state index contributed by atoms with van der Waals surface area (Å²) < 4.78 is 27.4. The molecule has 1 saturated heterocycles. The number of fused-ring (bicyclic) bond motifs is 2. The number of halogens is 2. The van der Waals surface area contributed by atoms with Crippen LogP contribution in [0.25, 0.3) is 0 Å². The first-order valence-electron chi connectivity index (χ1n) is 6.80. The van der Waals surface area contributed by atoms with Gasteiger partial charge in [-0.2, -0.15) is 4.31 Å². The first kappa shape index (κ1) is 14.6. The van der Waals surface area contributed by atoms with Crippen LogP contribution >= 0.6 is 23.2 Å². The number of hydrogen-bond acceptors (Lipinski definition) is 2. The van der Waals surface area contributed by atoms with E-state index in [1.807, 2.05) is 0 Å². The summed E-state index contributed by atoms with van der Waals surface area (Å²) in [5, 5.41) is 0.425. The van der Waals surface area contributed by atoms with Gasteiger partial charge in [0.1, 0.15) is 0 Å². The second-order valence-electron chi connectivity index (χ2n) is 5.73. The maximum absolute atomic E-state index is 12.9. The van der Waals surface area contributed by atoms with Crippen molar-refractivity contribution in [2.75, 3.05) is 6.54 Å². The van der Waals surface area contributed by atoms with E-state index in [2.05, 4.69) is 0 Å². The van der Waals surface area contributed by atoms with Crippen LogP contribution in [-0.2, 0) is 15.9 Å². The molecule has 2 fully saturated rings. The van der Waals surface area contributed by atoms with E-state index in [0.29, 0.717) is 27.9 Å². The Labute approximate surface area is 129 Å². The van der Waals surface area contributed by atoms with Crippen LogP contribution in [0.15, 0.2) is 17.0 Å². The highest BCUT2D eigenvalue weighted by Crippen LogP contribution is 2.41. The molecule has 20 heavy (non-hydrogen) atoms. The minimum atomic E-state index is -3.47. The third-order valence-electron chi connectivity index (χ3n) is 4.52. The Hall–Kier alpha value is -0.290. The standard InChI is InChI=1S/C14H17Cl2NO2S/c1-9-11(7-15)5-12(16)6-14(9)20(18,19)17-8-10-2-3-13(17)4-10/h5-6,10,13H,2-4,7-8H2,1H3. The minimum Gasteiger partial charge on any atom is -0.207 e. The van der Waals surface area contributed by atoms with Crippen LogP contribution in [0.1, 0.15) is 30.4 Å². The van der Waals surface area contributed by atoms with Crippen molar-refractivity contribution in [3.05, 3.63) is 28.3 Å². The normalized spacial score (nSPS) is 26.4. The van der Waals surface area contributed by atoms with Gasteiger partial charge >= 0.3 is 0 Å². The molecule has 1 aliphatic carbocycles. The Morgan fingerprint density at radius 1 is 1.35 bits per heavy atom. The molecule has 2 aliphatic rings. The number of hydrogen-bond donors (Lipinski definition) is 0. The summed E-state index contributed by atoms with van der Waals surface area (Å²) >= 11 is 11.9. The van der Waals surface area contributed by atoms with Gasteiger partial charge < -0.3 is 0 Å². The topological polar surface area (TPSA) is 37.4 Å². The van der Waals surface area contributed by atoms with Gasteiger partial charge in [0.25, 0.3) is 0 Å². The first-order valence-corrected chi connectivity index (χ1v) is 9.15. The highest BCUT2D eigenvalue weighted by atomic mass is 35.5. The predicted molar refractivity (Wildman–Crippen MR) is 80.8 cm³/mol. The predicted octanol–water partition coefficient (Wildman–Crippen LogP) is 3.56. The summed E-state index contributed by atoms with van der Waals surface area (Å²) in [5.41, 5.74) is 1.49. The summed E-state index contributed by atoms with van der Waals surface area (Å²) in [7, 11) is -3.47. The quantitative estimate of drug-likeness (QED) is 0.793. The lowest BCUT2D eigenvalue weighted by molar-refractivity contribution is 0.333. The summed E-state index contributed by atoms with van der Waals surface area (Å²) in [4.78, 5) is 0.313. The molecule has 0 aromatic heterocycles. The van der Waals surface area contributed by atoms with Gasteiger partial charge in [0.15, 0.2) is 0 Å². The van der Waals surface area contributed by atoms with E-state index in [0.717, 1.165) is 24.8 Å². The van der Waals surface area contributed by atoms with E-state index >= 15 is 0 Å². The third kappa shape index (κ3) is 2.27. The third-order valence-corrected chi connectivity index (χ3v) is 7.07. The number of nitrogens with zero attached hydrogens (tertiary/aromatic N) is 1. The zero-order valence-electron chi connectivity index (χ0n) is 11.3. The molecule has 2 bridgehead atoms. The van der Waals surface area contributed by atoms with Gasteiger partial charge in [-0.15, -0.1) is 11.6 Å². The molecule has 110 valence electrons. The lowest BCUT2D eigenvalue weighted by atomic mass is 10.1. The Bertz CT molecular complexity index is 645. The van der Waals surface area contributed by atoms with Crippen LogP contribution in [0.4, 0.5) is 0 Å². The Balaban J connectivity index is 2.06. The molecule has 2 atom stereocenters. The van der Waals surface area contributed by atoms with Crippen molar-refractivity contribution in [2.45, 2.75) is 43.0 Å². The van der Waals surface area contributed by atoms with Crippen molar-refractivity contribution in [1.82, 2.24) is 4.31 Å². The van der Waals surface area contributed by atoms with Gasteiger partial charge in [0, 0.05) is 23.5 Å². The van der Waals surface area contributed by atoms with Crippen LogP contribution in [0.3, 0.4) is 0 Å². The highest BCUT2D eigenvalue weighted by Gasteiger charge is 2.44. The van der Waals surface area contributed by atoms with E-state index in [9.17, 15) is 8.42 Å². The van der Waals surface area contributed by atoms with Gasteiger partial charge in [-0.3, -0.25) is 0 Å². The first-order chi connectivity index (χ1) is 9.43. The summed E-state index contributed by atoms with van der Waals surface area (Å²) in [5.74, 6) is 0.794. The van der Waals surface area contributed by atoms with Crippen LogP contribution in [0, 0.1) is 12.8 Å². The van der Waals surface area contributed by atoms with Gasteiger partial charge in [-0.05, 0) is 55.4 Å². The molecular weight excluding hydrogens is 317 g/mol. The van der Waals surface area contributed by atoms with Crippen molar-refractivity contribution in [2.24, 2.45) is 5.92 Å². The summed E-state index contributed by atoms with van der Waals surface area (Å²) in [6, 6.07) is 3.45. The van der Waals surface area contributed by atoms with Crippen molar-refractivity contribution in [3.63, 3.8) is 0 Å². The zero-order valence-corrected chi connectivity index (χ0v) is 13.6. The van der Waals surface area contributed by atoms with Gasteiger partial charge in [0.2, 0.25) is 10.0 Å². The number of benzene rings is 1. The average Bonchev–Trinajstić information content (AvgIpc) is 3.03. The molecule has 3 rings (SSSR count). The average molecular weight is 334 g/mol.